The van der Waals surface area contributed by atoms with Gasteiger partial charge >= 0.3 is 0 Å². The largest absolute Gasteiger partial charge is 0.392 e. The van der Waals surface area contributed by atoms with E-state index >= 15 is 0 Å². The standard InChI is InChI=1S/C18H35N3O4/c1-5-14(23)11-21(10-13(4)22)9-7-6-8-15-17(24)20-16(12(2)3)18(25)19-15/h12-16,22-23H,5-11H2,1-4H3,(H,19,25)(H,20,24). The van der Waals surface area contributed by atoms with Crippen molar-refractivity contribution in [2.45, 2.75) is 77.7 Å². The van der Waals surface area contributed by atoms with E-state index in [9.17, 15) is 19.8 Å². The molecule has 1 heterocycles. The second-order valence-electron chi connectivity index (χ2n) is 7.46. The Morgan fingerprint density at radius 1 is 1.04 bits per heavy atom. The fourth-order valence-electron chi connectivity index (χ4n) is 3.06. The van der Waals surface area contributed by atoms with Gasteiger partial charge in [-0.05, 0) is 45.1 Å². The lowest BCUT2D eigenvalue weighted by Gasteiger charge is -2.32. The van der Waals surface area contributed by atoms with E-state index in [2.05, 4.69) is 10.6 Å². The van der Waals surface area contributed by atoms with Gasteiger partial charge in [0.1, 0.15) is 12.1 Å². The SMILES string of the molecule is CCC(O)CN(CCCCC1NC(=O)C(C(C)C)NC1=O)CC(C)O. The van der Waals surface area contributed by atoms with Crippen LogP contribution in [0.1, 0.15) is 53.4 Å². The van der Waals surface area contributed by atoms with Crippen molar-refractivity contribution < 1.29 is 19.8 Å². The molecular weight excluding hydrogens is 322 g/mol. The van der Waals surface area contributed by atoms with Crippen molar-refractivity contribution in [3.05, 3.63) is 0 Å². The van der Waals surface area contributed by atoms with E-state index in [1.165, 1.54) is 0 Å². The van der Waals surface area contributed by atoms with E-state index in [4.69, 9.17) is 0 Å². The predicted molar refractivity (Wildman–Crippen MR) is 97.0 cm³/mol. The number of hydrogen-bond donors (Lipinski definition) is 4. The first-order chi connectivity index (χ1) is 11.7. The highest BCUT2D eigenvalue weighted by molar-refractivity contribution is 5.97. The minimum atomic E-state index is -0.464. The summed E-state index contributed by atoms with van der Waals surface area (Å²) in [6, 6.07) is -0.908. The molecule has 0 aromatic heterocycles. The van der Waals surface area contributed by atoms with Crippen molar-refractivity contribution in [3.8, 4) is 0 Å². The van der Waals surface area contributed by atoms with Crippen molar-refractivity contribution in [2.24, 2.45) is 5.92 Å². The van der Waals surface area contributed by atoms with Crippen LogP contribution in [-0.4, -0.2) is 70.9 Å². The van der Waals surface area contributed by atoms with Crippen molar-refractivity contribution in [3.63, 3.8) is 0 Å². The molecule has 0 bridgehead atoms. The first kappa shape index (κ1) is 21.9. The molecule has 0 aliphatic carbocycles. The zero-order valence-electron chi connectivity index (χ0n) is 16.0. The summed E-state index contributed by atoms with van der Waals surface area (Å²) in [5.74, 6) is -0.147. The fraction of sp³-hybridized carbons (Fsp3) is 0.889. The first-order valence-corrected chi connectivity index (χ1v) is 9.43. The summed E-state index contributed by atoms with van der Waals surface area (Å²) >= 11 is 0. The molecule has 0 aromatic rings. The summed E-state index contributed by atoms with van der Waals surface area (Å²) in [5.41, 5.74) is 0. The molecule has 0 radical (unpaired) electrons. The van der Waals surface area contributed by atoms with Gasteiger partial charge in [0.25, 0.3) is 0 Å². The van der Waals surface area contributed by atoms with Gasteiger partial charge in [-0.3, -0.25) is 14.5 Å². The predicted octanol–water partition coefficient (Wildman–Crippen LogP) is 0.250. The number of carbonyl (C=O) groups excluding carboxylic acids is 2. The molecular formula is C18H35N3O4. The quantitative estimate of drug-likeness (QED) is 0.397. The van der Waals surface area contributed by atoms with Gasteiger partial charge < -0.3 is 20.8 Å². The molecule has 0 spiro atoms. The Hall–Kier alpha value is -1.18. The van der Waals surface area contributed by atoms with Gasteiger partial charge in [-0.15, -0.1) is 0 Å². The molecule has 4 N–H and O–H groups in total. The van der Waals surface area contributed by atoms with Crippen molar-refractivity contribution in [2.75, 3.05) is 19.6 Å². The summed E-state index contributed by atoms with van der Waals surface area (Å²) in [4.78, 5) is 26.2. The van der Waals surface area contributed by atoms with Crippen LogP contribution in [-0.2, 0) is 9.59 Å². The smallest absolute Gasteiger partial charge is 0.243 e. The molecule has 1 aliphatic rings. The number of aliphatic hydroxyl groups is 2. The van der Waals surface area contributed by atoms with Crippen LogP contribution in [0.4, 0.5) is 0 Å². The first-order valence-electron chi connectivity index (χ1n) is 9.43. The maximum absolute atomic E-state index is 12.1. The molecule has 2 amide bonds. The molecule has 0 aromatic carbocycles. The summed E-state index contributed by atoms with van der Waals surface area (Å²) in [5, 5.41) is 25.0. The second kappa shape index (κ2) is 10.7. The van der Waals surface area contributed by atoms with E-state index in [1.807, 2.05) is 25.7 Å². The number of nitrogens with zero attached hydrogens (tertiary/aromatic N) is 1. The van der Waals surface area contributed by atoms with E-state index in [0.717, 1.165) is 19.4 Å². The number of rotatable bonds is 11. The van der Waals surface area contributed by atoms with Crippen LogP contribution < -0.4 is 10.6 Å². The third-order valence-corrected chi connectivity index (χ3v) is 4.56. The number of amides is 2. The maximum Gasteiger partial charge on any atom is 0.243 e. The number of hydrogen-bond acceptors (Lipinski definition) is 5. The number of aliphatic hydroxyl groups excluding tert-OH is 2. The highest BCUT2D eigenvalue weighted by Gasteiger charge is 2.34. The molecule has 4 atom stereocenters. The number of unbranched alkanes of at least 4 members (excludes halogenated alkanes) is 1. The monoisotopic (exact) mass is 357 g/mol. The van der Waals surface area contributed by atoms with Crippen LogP contribution in [0.3, 0.4) is 0 Å². The Labute approximate surface area is 151 Å². The Balaban J connectivity index is 2.37. The lowest BCUT2D eigenvalue weighted by Crippen LogP contribution is -2.63. The van der Waals surface area contributed by atoms with E-state index in [1.54, 1.807) is 6.92 Å². The molecule has 1 fully saturated rings. The van der Waals surface area contributed by atoms with E-state index < -0.39 is 24.3 Å². The van der Waals surface area contributed by atoms with Gasteiger partial charge in [0.2, 0.25) is 11.8 Å². The maximum atomic E-state index is 12.1. The topological polar surface area (TPSA) is 102 Å². The average Bonchev–Trinajstić information content (AvgIpc) is 2.52. The van der Waals surface area contributed by atoms with E-state index in [0.29, 0.717) is 25.9 Å². The fourth-order valence-corrected chi connectivity index (χ4v) is 3.06. The van der Waals surface area contributed by atoms with Gasteiger partial charge in [-0.1, -0.05) is 20.8 Å². The lowest BCUT2D eigenvalue weighted by molar-refractivity contribution is -0.138. The summed E-state index contributed by atoms with van der Waals surface area (Å²) in [7, 11) is 0. The number of piperazine rings is 1. The summed E-state index contributed by atoms with van der Waals surface area (Å²) in [6.07, 6.45) is 2.08. The molecule has 1 rings (SSSR count). The molecule has 146 valence electrons. The zero-order valence-corrected chi connectivity index (χ0v) is 16.0. The van der Waals surface area contributed by atoms with Crippen LogP contribution in [0.25, 0.3) is 0 Å². The zero-order chi connectivity index (χ0) is 19.0. The van der Waals surface area contributed by atoms with Gasteiger partial charge in [0, 0.05) is 13.1 Å². The molecule has 7 nitrogen and oxygen atoms in total. The van der Waals surface area contributed by atoms with Gasteiger partial charge in [-0.2, -0.15) is 0 Å². The van der Waals surface area contributed by atoms with E-state index in [-0.39, 0.29) is 17.7 Å². The Kier molecular flexibility index (Phi) is 9.38. The number of carbonyl (C=O) groups is 2. The summed E-state index contributed by atoms with van der Waals surface area (Å²) in [6.45, 7) is 9.29. The van der Waals surface area contributed by atoms with Crippen LogP contribution >= 0.6 is 0 Å². The average molecular weight is 357 g/mol. The minimum absolute atomic E-state index is 0.0731. The van der Waals surface area contributed by atoms with Gasteiger partial charge in [-0.25, -0.2) is 0 Å². The van der Waals surface area contributed by atoms with Crippen molar-refractivity contribution in [1.82, 2.24) is 15.5 Å². The Morgan fingerprint density at radius 2 is 1.72 bits per heavy atom. The highest BCUT2D eigenvalue weighted by Crippen LogP contribution is 2.11. The molecule has 0 saturated carbocycles. The van der Waals surface area contributed by atoms with Crippen molar-refractivity contribution >= 4 is 11.8 Å². The van der Waals surface area contributed by atoms with Gasteiger partial charge in [0.05, 0.1) is 12.2 Å². The summed E-state index contributed by atoms with van der Waals surface area (Å²) < 4.78 is 0. The molecule has 1 aliphatic heterocycles. The van der Waals surface area contributed by atoms with Crippen molar-refractivity contribution in [1.29, 1.82) is 0 Å². The third-order valence-electron chi connectivity index (χ3n) is 4.56. The second-order valence-corrected chi connectivity index (χ2v) is 7.46. The van der Waals surface area contributed by atoms with Gasteiger partial charge in [0.15, 0.2) is 0 Å². The minimum Gasteiger partial charge on any atom is -0.392 e. The molecule has 7 heteroatoms. The number of nitrogens with one attached hydrogen (secondary N) is 2. The Bertz CT molecular complexity index is 429. The van der Waals surface area contributed by atoms with Crippen LogP contribution in [0.2, 0.25) is 0 Å². The van der Waals surface area contributed by atoms with Crippen LogP contribution in [0, 0.1) is 5.92 Å². The highest BCUT2D eigenvalue weighted by atomic mass is 16.3. The molecule has 4 unspecified atom stereocenters. The van der Waals surface area contributed by atoms with Crippen LogP contribution in [0.5, 0.6) is 0 Å². The van der Waals surface area contributed by atoms with Crippen LogP contribution in [0.15, 0.2) is 0 Å². The molecule has 1 saturated heterocycles. The normalized spacial score (nSPS) is 23.5. The Morgan fingerprint density at radius 3 is 2.28 bits per heavy atom. The molecule has 25 heavy (non-hydrogen) atoms. The lowest BCUT2D eigenvalue weighted by atomic mass is 9.98. The third kappa shape index (κ3) is 7.71.